The second kappa shape index (κ2) is 6.10. The number of fused-ring (bicyclic) bond motifs is 5. The molecule has 4 saturated carbocycles. The van der Waals surface area contributed by atoms with Crippen molar-refractivity contribution in [1.82, 2.24) is 0 Å². The van der Waals surface area contributed by atoms with Crippen LogP contribution in [0.2, 0.25) is 0 Å². The fourth-order valence-corrected chi connectivity index (χ4v) is 10.1. The minimum Gasteiger partial charge on any atom is -0.462 e. The van der Waals surface area contributed by atoms with Crippen molar-refractivity contribution in [3.8, 4) is 0 Å². The predicted molar refractivity (Wildman–Crippen MR) is 115 cm³/mol. The highest BCUT2D eigenvalue weighted by Crippen LogP contribution is 2.79. The summed E-state index contributed by atoms with van der Waals surface area (Å²) >= 11 is 0. The molecular weight excluding hydrogens is 408 g/mol. The van der Waals surface area contributed by atoms with E-state index >= 15 is 0 Å². The highest BCUT2D eigenvalue weighted by Gasteiger charge is 2.86. The Hall–Kier alpha value is -1.14. The average Bonchev–Trinajstić information content (AvgIpc) is 3.52. The smallest absolute Gasteiger partial charge is 0.305 e. The van der Waals surface area contributed by atoms with E-state index in [-0.39, 0.29) is 46.2 Å². The van der Waals surface area contributed by atoms with Gasteiger partial charge in [0.15, 0.2) is 0 Å². The van der Waals surface area contributed by atoms with Crippen LogP contribution in [0.15, 0.2) is 0 Å². The van der Waals surface area contributed by atoms with Gasteiger partial charge in [0, 0.05) is 38.0 Å². The van der Waals surface area contributed by atoms with E-state index in [2.05, 4.69) is 20.8 Å². The molecule has 0 N–H and O–H groups in total. The minimum absolute atomic E-state index is 0.00458. The van der Waals surface area contributed by atoms with Gasteiger partial charge in [-0.1, -0.05) is 20.8 Å². The SMILES string of the molecule is CC(=O)OC1CCC2(C)C3CCC4(C)C(CC(C)C45OC5(C)OC(C)=O)C3CC3OC32C1. The lowest BCUT2D eigenvalue weighted by atomic mass is 9.44. The summed E-state index contributed by atoms with van der Waals surface area (Å²) in [6.07, 6.45) is 7.62. The number of carbonyl (C=O) groups is 2. The van der Waals surface area contributed by atoms with Crippen LogP contribution in [0.3, 0.4) is 0 Å². The third kappa shape index (κ3) is 2.29. The molecule has 6 heteroatoms. The molecule has 6 aliphatic rings. The van der Waals surface area contributed by atoms with E-state index in [1.807, 2.05) is 6.92 Å². The van der Waals surface area contributed by atoms with Crippen molar-refractivity contribution in [2.45, 2.75) is 116 Å². The Morgan fingerprint density at radius 1 is 0.938 bits per heavy atom. The molecule has 0 aromatic heterocycles. The highest BCUT2D eigenvalue weighted by atomic mass is 16.8. The first-order chi connectivity index (χ1) is 14.9. The largest absolute Gasteiger partial charge is 0.462 e. The van der Waals surface area contributed by atoms with Gasteiger partial charge < -0.3 is 18.9 Å². The normalized spacial score (nSPS) is 59.3. The molecule has 6 rings (SSSR count). The maximum Gasteiger partial charge on any atom is 0.305 e. The van der Waals surface area contributed by atoms with Gasteiger partial charge in [0.1, 0.15) is 17.3 Å². The summed E-state index contributed by atoms with van der Waals surface area (Å²) in [4.78, 5) is 23.4. The third-order valence-electron chi connectivity index (χ3n) is 11.2. The van der Waals surface area contributed by atoms with Gasteiger partial charge in [-0.3, -0.25) is 9.59 Å². The molecule has 178 valence electrons. The quantitative estimate of drug-likeness (QED) is 0.463. The molecule has 11 unspecified atom stereocenters. The Kier molecular flexibility index (Phi) is 4.08. The molecule has 11 atom stereocenters. The number of rotatable bonds is 2. The zero-order valence-electron chi connectivity index (χ0n) is 20.4. The lowest BCUT2D eigenvalue weighted by Crippen LogP contribution is -2.59. The summed E-state index contributed by atoms with van der Waals surface area (Å²) in [7, 11) is 0. The minimum atomic E-state index is -0.797. The Balaban J connectivity index is 1.29. The van der Waals surface area contributed by atoms with E-state index < -0.39 is 5.79 Å². The predicted octanol–water partition coefficient (Wildman–Crippen LogP) is 4.39. The molecule has 2 saturated heterocycles. The van der Waals surface area contributed by atoms with Gasteiger partial charge in [-0.2, -0.15) is 0 Å². The van der Waals surface area contributed by atoms with Crippen LogP contribution < -0.4 is 0 Å². The Labute approximate surface area is 191 Å². The van der Waals surface area contributed by atoms with Crippen molar-refractivity contribution in [2.24, 2.45) is 34.5 Å². The molecule has 2 heterocycles. The van der Waals surface area contributed by atoms with Gasteiger partial charge in [0.25, 0.3) is 0 Å². The lowest BCUT2D eigenvalue weighted by Gasteiger charge is -2.59. The Morgan fingerprint density at radius 2 is 1.66 bits per heavy atom. The van der Waals surface area contributed by atoms with Gasteiger partial charge in [-0.25, -0.2) is 0 Å². The maximum absolute atomic E-state index is 11.8. The van der Waals surface area contributed by atoms with Crippen LogP contribution in [-0.4, -0.2) is 41.1 Å². The molecule has 0 radical (unpaired) electrons. The monoisotopic (exact) mass is 446 g/mol. The van der Waals surface area contributed by atoms with Crippen molar-refractivity contribution >= 4 is 11.9 Å². The average molecular weight is 447 g/mol. The first-order valence-corrected chi connectivity index (χ1v) is 12.7. The molecule has 0 aromatic carbocycles. The molecule has 2 spiro atoms. The van der Waals surface area contributed by atoms with Gasteiger partial charge in [-0.15, -0.1) is 0 Å². The summed E-state index contributed by atoms with van der Waals surface area (Å²) in [5.41, 5.74) is -0.322. The molecule has 32 heavy (non-hydrogen) atoms. The fraction of sp³-hybridized carbons (Fsp3) is 0.923. The number of ether oxygens (including phenoxy) is 4. The molecule has 6 nitrogen and oxygen atoms in total. The molecular formula is C26H38O6. The highest BCUT2D eigenvalue weighted by molar-refractivity contribution is 5.67. The van der Waals surface area contributed by atoms with E-state index in [1.54, 1.807) is 0 Å². The van der Waals surface area contributed by atoms with E-state index in [4.69, 9.17) is 18.9 Å². The molecule has 4 aliphatic carbocycles. The summed E-state index contributed by atoms with van der Waals surface area (Å²) < 4.78 is 24.4. The van der Waals surface area contributed by atoms with Crippen molar-refractivity contribution in [1.29, 1.82) is 0 Å². The summed E-state index contributed by atoms with van der Waals surface area (Å²) in [6, 6.07) is 0. The topological polar surface area (TPSA) is 77.7 Å². The Morgan fingerprint density at radius 3 is 2.34 bits per heavy atom. The number of carbonyl (C=O) groups excluding carboxylic acids is 2. The van der Waals surface area contributed by atoms with Crippen LogP contribution in [-0.2, 0) is 28.5 Å². The van der Waals surface area contributed by atoms with E-state index in [1.165, 1.54) is 13.8 Å². The van der Waals surface area contributed by atoms with Gasteiger partial charge in [-0.05, 0) is 62.2 Å². The number of hydrogen-bond acceptors (Lipinski definition) is 6. The summed E-state index contributed by atoms with van der Waals surface area (Å²) in [6.45, 7) is 12.1. The third-order valence-corrected chi connectivity index (χ3v) is 11.2. The second-order valence-corrected chi connectivity index (χ2v) is 12.5. The summed E-state index contributed by atoms with van der Waals surface area (Å²) in [5, 5.41) is 0. The standard InChI is InChI=1S/C26H38O6/c1-14-11-20-18-12-21-25(31-21)13-17(29-15(2)27)7-9-22(25,4)19(18)8-10-23(20,5)26(14)24(6,32-26)30-16(3)28/h14,17-21H,7-13H2,1-6H3. The van der Waals surface area contributed by atoms with Gasteiger partial charge in [0.2, 0.25) is 5.79 Å². The van der Waals surface area contributed by atoms with Gasteiger partial charge in [0.05, 0.1) is 6.10 Å². The van der Waals surface area contributed by atoms with Crippen LogP contribution in [0, 0.1) is 34.5 Å². The molecule has 6 fully saturated rings. The fourth-order valence-electron chi connectivity index (χ4n) is 10.1. The first-order valence-electron chi connectivity index (χ1n) is 12.7. The van der Waals surface area contributed by atoms with Crippen molar-refractivity contribution in [3.05, 3.63) is 0 Å². The number of esters is 2. The van der Waals surface area contributed by atoms with Crippen molar-refractivity contribution < 1.29 is 28.5 Å². The number of hydrogen-bond donors (Lipinski definition) is 0. The zero-order valence-corrected chi connectivity index (χ0v) is 20.4. The van der Waals surface area contributed by atoms with Crippen LogP contribution in [0.1, 0.15) is 86.5 Å². The van der Waals surface area contributed by atoms with Crippen LogP contribution in [0.4, 0.5) is 0 Å². The first kappa shape index (κ1) is 21.4. The molecule has 0 bridgehead atoms. The maximum atomic E-state index is 11.8. The van der Waals surface area contributed by atoms with Gasteiger partial charge >= 0.3 is 11.9 Å². The molecule has 2 aliphatic heterocycles. The van der Waals surface area contributed by atoms with E-state index in [0.29, 0.717) is 23.7 Å². The molecule has 0 amide bonds. The van der Waals surface area contributed by atoms with E-state index in [0.717, 1.165) is 44.9 Å². The van der Waals surface area contributed by atoms with E-state index in [9.17, 15) is 9.59 Å². The molecule has 0 aromatic rings. The lowest BCUT2D eigenvalue weighted by molar-refractivity contribution is -0.159. The van der Waals surface area contributed by atoms with Crippen molar-refractivity contribution in [2.75, 3.05) is 0 Å². The summed E-state index contributed by atoms with van der Waals surface area (Å²) in [5.74, 6) is 0.910. The van der Waals surface area contributed by atoms with Crippen LogP contribution in [0.5, 0.6) is 0 Å². The number of epoxide rings is 2. The van der Waals surface area contributed by atoms with Crippen LogP contribution >= 0.6 is 0 Å². The Bertz CT molecular complexity index is 888. The van der Waals surface area contributed by atoms with Crippen LogP contribution in [0.25, 0.3) is 0 Å². The van der Waals surface area contributed by atoms with Crippen molar-refractivity contribution in [3.63, 3.8) is 0 Å². The second-order valence-electron chi connectivity index (χ2n) is 12.5. The zero-order chi connectivity index (χ0) is 22.9.